The molecule has 2 rings (SSSR count). The zero-order valence-corrected chi connectivity index (χ0v) is 17.7. The number of methoxy groups -OCH3 is 2. The Balaban J connectivity index is 2.30. The predicted molar refractivity (Wildman–Crippen MR) is 110 cm³/mol. The number of nitrogens with one attached hydrogen (secondary N) is 1. The maximum Gasteiger partial charge on any atom is 0.243 e. The highest BCUT2D eigenvalue weighted by Gasteiger charge is 2.31. The lowest BCUT2D eigenvalue weighted by Crippen LogP contribution is -2.47. The van der Waals surface area contributed by atoms with Gasteiger partial charge in [0, 0.05) is 17.6 Å². The highest BCUT2D eigenvalue weighted by molar-refractivity contribution is 7.92. The smallest absolute Gasteiger partial charge is 0.243 e. The molecule has 9 heteroatoms. The molecule has 1 atom stereocenters. The first-order chi connectivity index (χ1) is 13.2. The molecule has 1 amide bonds. The highest BCUT2D eigenvalue weighted by Crippen LogP contribution is 2.35. The monoisotopic (exact) mass is 426 g/mol. The summed E-state index contributed by atoms with van der Waals surface area (Å²) in [7, 11) is -0.890. The van der Waals surface area contributed by atoms with Crippen molar-refractivity contribution < 1.29 is 22.7 Å². The van der Waals surface area contributed by atoms with Crippen molar-refractivity contribution in [3.63, 3.8) is 0 Å². The van der Waals surface area contributed by atoms with Gasteiger partial charge in [0.15, 0.2) is 0 Å². The van der Waals surface area contributed by atoms with E-state index in [1.807, 2.05) is 0 Å². The van der Waals surface area contributed by atoms with E-state index in [0.717, 1.165) is 16.1 Å². The van der Waals surface area contributed by atoms with Gasteiger partial charge in [-0.05, 0) is 36.8 Å². The van der Waals surface area contributed by atoms with Crippen molar-refractivity contribution in [3.05, 3.63) is 53.1 Å². The summed E-state index contributed by atoms with van der Waals surface area (Å²) in [6.45, 7) is 1.75. The van der Waals surface area contributed by atoms with Gasteiger partial charge in [-0.1, -0.05) is 23.7 Å². The van der Waals surface area contributed by atoms with Crippen molar-refractivity contribution in [2.45, 2.75) is 19.5 Å². The summed E-state index contributed by atoms with van der Waals surface area (Å²) in [4.78, 5) is 12.7. The number of halogens is 1. The molecule has 152 valence electrons. The molecule has 0 saturated heterocycles. The van der Waals surface area contributed by atoms with Crippen molar-refractivity contribution in [3.8, 4) is 11.5 Å². The van der Waals surface area contributed by atoms with Crippen LogP contribution in [0.3, 0.4) is 0 Å². The molecule has 1 N–H and O–H groups in total. The Morgan fingerprint density at radius 1 is 1.14 bits per heavy atom. The average molecular weight is 427 g/mol. The van der Waals surface area contributed by atoms with Crippen LogP contribution in [0, 0.1) is 0 Å². The molecule has 0 aliphatic rings. The molecule has 0 fully saturated rings. The molecule has 0 aliphatic heterocycles. The number of sulfonamides is 1. The number of benzene rings is 2. The molecule has 0 spiro atoms. The molecule has 7 nitrogen and oxygen atoms in total. The molecule has 0 saturated carbocycles. The summed E-state index contributed by atoms with van der Waals surface area (Å²) in [6.07, 6.45) is 1.04. The summed E-state index contributed by atoms with van der Waals surface area (Å²) >= 11 is 5.85. The molecule has 0 unspecified atom stereocenters. The van der Waals surface area contributed by atoms with Crippen molar-refractivity contribution in [1.82, 2.24) is 5.32 Å². The van der Waals surface area contributed by atoms with Crippen LogP contribution < -0.4 is 19.1 Å². The van der Waals surface area contributed by atoms with E-state index in [0.29, 0.717) is 16.5 Å². The standard InChI is InChI=1S/C19H23ClN2O5S/c1-13(19(23)21-12-14-5-7-15(20)8-6-14)22(28(4,24)25)17-11-16(26-2)9-10-18(17)27-3/h5-11,13H,12H2,1-4H3,(H,21,23)/t13-/m1/s1. The van der Waals surface area contributed by atoms with Crippen LogP contribution in [0.25, 0.3) is 0 Å². The maximum absolute atomic E-state index is 12.7. The zero-order chi connectivity index (χ0) is 20.9. The van der Waals surface area contributed by atoms with E-state index in [2.05, 4.69) is 5.32 Å². The normalized spacial score (nSPS) is 12.2. The summed E-state index contributed by atoms with van der Waals surface area (Å²) in [6, 6.07) is 10.7. The van der Waals surface area contributed by atoms with Gasteiger partial charge in [-0.3, -0.25) is 9.10 Å². The Morgan fingerprint density at radius 2 is 1.79 bits per heavy atom. The molecular weight excluding hydrogens is 404 g/mol. The van der Waals surface area contributed by atoms with E-state index in [-0.39, 0.29) is 12.2 Å². The Hall–Kier alpha value is -2.45. The molecular formula is C19H23ClN2O5S. The summed E-state index contributed by atoms with van der Waals surface area (Å²) < 4.78 is 36.5. The SMILES string of the molecule is COc1ccc(OC)c(N([C@H](C)C(=O)NCc2ccc(Cl)cc2)S(C)(=O)=O)c1. The van der Waals surface area contributed by atoms with E-state index in [9.17, 15) is 13.2 Å². The van der Waals surface area contributed by atoms with E-state index >= 15 is 0 Å². The third-order valence-corrected chi connectivity index (χ3v) is 5.57. The van der Waals surface area contributed by atoms with Crippen LogP contribution in [-0.2, 0) is 21.4 Å². The molecule has 2 aromatic rings. The average Bonchev–Trinajstić information content (AvgIpc) is 2.66. The number of nitrogens with zero attached hydrogens (tertiary/aromatic N) is 1. The summed E-state index contributed by atoms with van der Waals surface area (Å²) in [5.41, 5.74) is 1.06. The van der Waals surface area contributed by atoms with Gasteiger partial charge in [0.1, 0.15) is 17.5 Å². The Bertz CT molecular complexity index is 932. The fraction of sp³-hybridized carbons (Fsp3) is 0.316. The number of amides is 1. The quantitative estimate of drug-likeness (QED) is 0.701. The minimum absolute atomic E-state index is 0.221. The second-order valence-electron chi connectivity index (χ2n) is 6.12. The van der Waals surface area contributed by atoms with Gasteiger partial charge >= 0.3 is 0 Å². The van der Waals surface area contributed by atoms with Crippen LogP contribution in [-0.4, -0.2) is 40.8 Å². The Kier molecular flexibility index (Phi) is 7.15. The minimum atomic E-state index is -3.79. The molecule has 0 aliphatic carbocycles. The number of rotatable bonds is 8. The van der Waals surface area contributed by atoms with Crippen LogP contribution >= 0.6 is 11.6 Å². The zero-order valence-electron chi connectivity index (χ0n) is 16.1. The van der Waals surface area contributed by atoms with Gasteiger partial charge in [-0.15, -0.1) is 0 Å². The van der Waals surface area contributed by atoms with Gasteiger partial charge < -0.3 is 14.8 Å². The lowest BCUT2D eigenvalue weighted by atomic mass is 10.2. The predicted octanol–water partition coefficient (Wildman–Crippen LogP) is 2.83. The fourth-order valence-corrected chi connectivity index (χ4v) is 3.99. The number of anilines is 1. The van der Waals surface area contributed by atoms with E-state index < -0.39 is 22.0 Å². The molecule has 0 radical (unpaired) electrons. The van der Waals surface area contributed by atoms with Gasteiger partial charge in [-0.2, -0.15) is 0 Å². The largest absolute Gasteiger partial charge is 0.497 e. The van der Waals surface area contributed by atoms with Crippen LogP contribution in [0.15, 0.2) is 42.5 Å². The van der Waals surface area contributed by atoms with Gasteiger partial charge in [0.05, 0.1) is 26.2 Å². The fourth-order valence-electron chi connectivity index (χ4n) is 2.69. The first kappa shape index (κ1) is 21.8. The number of hydrogen-bond donors (Lipinski definition) is 1. The third kappa shape index (κ3) is 5.30. The molecule has 0 bridgehead atoms. The Morgan fingerprint density at radius 3 is 2.32 bits per heavy atom. The highest BCUT2D eigenvalue weighted by atomic mass is 35.5. The number of ether oxygens (including phenoxy) is 2. The molecule has 0 heterocycles. The number of carbonyl (C=O) groups is 1. The summed E-state index contributed by atoms with van der Waals surface area (Å²) in [5, 5.41) is 3.34. The third-order valence-electron chi connectivity index (χ3n) is 4.09. The summed E-state index contributed by atoms with van der Waals surface area (Å²) in [5.74, 6) is 0.298. The lowest BCUT2D eigenvalue weighted by molar-refractivity contribution is -0.122. The van der Waals surface area contributed by atoms with E-state index in [4.69, 9.17) is 21.1 Å². The molecule has 0 aromatic heterocycles. The lowest BCUT2D eigenvalue weighted by Gasteiger charge is -2.29. The first-order valence-electron chi connectivity index (χ1n) is 8.41. The van der Waals surface area contributed by atoms with E-state index in [1.165, 1.54) is 27.2 Å². The van der Waals surface area contributed by atoms with Crippen molar-refractivity contribution in [2.24, 2.45) is 0 Å². The second-order valence-corrected chi connectivity index (χ2v) is 8.41. The van der Waals surface area contributed by atoms with Crippen molar-refractivity contribution in [1.29, 1.82) is 0 Å². The maximum atomic E-state index is 12.7. The van der Waals surface area contributed by atoms with Crippen LogP contribution in [0.1, 0.15) is 12.5 Å². The number of hydrogen-bond acceptors (Lipinski definition) is 5. The first-order valence-corrected chi connectivity index (χ1v) is 10.6. The van der Waals surface area contributed by atoms with Crippen molar-refractivity contribution in [2.75, 3.05) is 24.8 Å². The molecule has 2 aromatic carbocycles. The van der Waals surface area contributed by atoms with E-state index in [1.54, 1.807) is 36.4 Å². The second kappa shape index (κ2) is 9.16. The van der Waals surface area contributed by atoms with Crippen LogP contribution in [0.4, 0.5) is 5.69 Å². The molecule has 28 heavy (non-hydrogen) atoms. The van der Waals surface area contributed by atoms with Crippen LogP contribution in [0.5, 0.6) is 11.5 Å². The minimum Gasteiger partial charge on any atom is -0.497 e. The topological polar surface area (TPSA) is 84.9 Å². The van der Waals surface area contributed by atoms with Gasteiger partial charge in [0.2, 0.25) is 15.9 Å². The Labute approximate surface area is 170 Å². The van der Waals surface area contributed by atoms with Crippen molar-refractivity contribution >= 4 is 33.2 Å². The number of carbonyl (C=O) groups excluding carboxylic acids is 1. The van der Waals surface area contributed by atoms with Gasteiger partial charge in [-0.25, -0.2) is 8.42 Å². The van der Waals surface area contributed by atoms with Crippen LogP contribution in [0.2, 0.25) is 5.02 Å². The van der Waals surface area contributed by atoms with Gasteiger partial charge in [0.25, 0.3) is 0 Å².